The van der Waals surface area contributed by atoms with Crippen molar-refractivity contribution >= 4 is 21.7 Å². The number of rotatable bonds is 6. The van der Waals surface area contributed by atoms with Crippen LogP contribution in [-0.2, 0) is 19.6 Å². The number of nitrogens with one attached hydrogen (secondary N) is 1. The molecule has 1 aliphatic heterocycles. The monoisotopic (exact) mass is 400 g/mol. The Labute approximate surface area is 158 Å². The van der Waals surface area contributed by atoms with Gasteiger partial charge in [-0.2, -0.15) is 4.31 Å². The SMILES string of the molecule is CC(C)(F)C[C@H](N)C(=O)NC1CCCN(S(=O)(=O)c2ccccn2)CC1=O. The minimum Gasteiger partial charge on any atom is -0.345 e. The fourth-order valence-electron chi connectivity index (χ4n) is 2.88. The number of nitrogens with zero attached hydrogens (tertiary/aromatic N) is 2. The molecular weight excluding hydrogens is 375 g/mol. The van der Waals surface area contributed by atoms with Crippen LogP contribution < -0.4 is 11.1 Å². The lowest BCUT2D eigenvalue weighted by Gasteiger charge is -2.22. The summed E-state index contributed by atoms with van der Waals surface area (Å²) in [6.45, 7) is 2.41. The first-order valence-electron chi connectivity index (χ1n) is 8.69. The van der Waals surface area contributed by atoms with Gasteiger partial charge in [-0.15, -0.1) is 0 Å². The Morgan fingerprint density at radius 1 is 1.48 bits per heavy atom. The van der Waals surface area contributed by atoms with Crippen molar-refractivity contribution in [2.24, 2.45) is 5.73 Å². The molecule has 0 radical (unpaired) electrons. The Kier molecular flexibility index (Phi) is 6.66. The molecule has 1 unspecified atom stereocenters. The van der Waals surface area contributed by atoms with Gasteiger partial charge < -0.3 is 11.1 Å². The number of nitrogens with two attached hydrogens (primary N) is 1. The quantitative estimate of drug-likeness (QED) is 0.712. The van der Waals surface area contributed by atoms with E-state index in [0.29, 0.717) is 6.42 Å². The highest BCUT2D eigenvalue weighted by Gasteiger charge is 2.34. The maximum atomic E-state index is 13.7. The molecule has 0 aromatic carbocycles. The van der Waals surface area contributed by atoms with Crippen LogP contribution in [-0.4, -0.2) is 60.2 Å². The Morgan fingerprint density at radius 2 is 2.19 bits per heavy atom. The van der Waals surface area contributed by atoms with Crippen LogP contribution in [0.25, 0.3) is 0 Å². The summed E-state index contributed by atoms with van der Waals surface area (Å²) in [4.78, 5) is 28.5. The van der Waals surface area contributed by atoms with E-state index in [-0.39, 0.29) is 31.0 Å². The highest BCUT2D eigenvalue weighted by atomic mass is 32.2. The van der Waals surface area contributed by atoms with Crippen LogP contribution in [0.2, 0.25) is 0 Å². The largest absolute Gasteiger partial charge is 0.345 e. The molecule has 1 saturated heterocycles. The van der Waals surface area contributed by atoms with Crippen molar-refractivity contribution < 1.29 is 22.4 Å². The molecule has 0 bridgehead atoms. The lowest BCUT2D eigenvalue weighted by molar-refractivity contribution is -0.128. The number of hydrogen-bond acceptors (Lipinski definition) is 6. The first-order chi connectivity index (χ1) is 12.5. The summed E-state index contributed by atoms with van der Waals surface area (Å²) in [5.74, 6) is -1.06. The summed E-state index contributed by atoms with van der Waals surface area (Å²) in [7, 11) is -3.90. The Bertz CT molecular complexity index is 780. The smallest absolute Gasteiger partial charge is 0.260 e. The molecule has 27 heavy (non-hydrogen) atoms. The third-order valence-electron chi connectivity index (χ3n) is 4.22. The third kappa shape index (κ3) is 5.78. The standard InChI is InChI=1S/C17H25FN4O4S/c1-17(2,18)10-12(19)16(24)21-13-6-5-9-22(11-14(13)23)27(25,26)15-7-3-4-8-20-15/h3-4,7-8,12-13H,5-6,9-11,19H2,1-2H3,(H,21,24)/t12-,13?/m0/s1. The second-order valence-electron chi connectivity index (χ2n) is 7.21. The predicted molar refractivity (Wildman–Crippen MR) is 96.9 cm³/mol. The van der Waals surface area contributed by atoms with E-state index >= 15 is 0 Å². The normalized spacial score (nSPS) is 20.7. The molecule has 1 aromatic rings. The second kappa shape index (κ2) is 8.41. The number of carbonyl (C=O) groups is 2. The molecule has 2 heterocycles. The number of halogens is 1. The van der Waals surface area contributed by atoms with Crippen molar-refractivity contribution in [1.29, 1.82) is 0 Å². The number of Topliss-reactive ketones (excluding diaryl/α,β-unsaturated/α-hetero) is 1. The molecule has 1 fully saturated rings. The number of aromatic nitrogens is 1. The fourth-order valence-corrected chi connectivity index (χ4v) is 4.26. The van der Waals surface area contributed by atoms with Crippen molar-refractivity contribution in [3.8, 4) is 0 Å². The van der Waals surface area contributed by atoms with Crippen LogP contribution >= 0.6 is 0 Å². The van der Waals surface area contributed by atoms with Crippen LogP contribution in [0, 0.1) is 0 Å². The Hall–Kier alpha value is -1.91. The predicted octanol–water partition coefficient (Wildman–Crippen LogP) is 0.386. The van der Waals surface area contributed by atoms with Gasteiger partial charge in [-0.25, -0.2) is 17.8 Å². The maximum absolute atomic E-state index is 13.7. The average molecular weight is 400 g/mol. The number of pyridine rings is 1. The topological polar surface area (TPSA) is 122 Å². The number of alkyl halides is 1. The van der Waals surface area contributed by atoms with Crippen molar-refractivity contribution in [2.45, 2.75) is 55.9 Å². The lowest BCUT2D eigenvalue weighted by atomic mass is 10.00. The molecule has 1 aromatic heterocycles. The van der Waals surface area contributed by atoms with Gasteiger partial charge >= 0.3 is 0 Å². The minimum absolute atomic E-state index is 0.132. The summed E-state index contributed by atoms with van der Waals surface area (Å²) in [5, 5.41) is 2.39. The minimum atomic E-state index is -3.90. The van der Waals surface area contributed by atoms with Gasteiger partial charge in [0.2, 0.25) is 5.91 Å². The number of ketones is 1. The number of hydrogen-bond donors (Lipinski definition) is 2. The zero-order chi connectivity index (χ0) is 20.2. The summed E-state index contributed by atoms with van der Waals surface area (Å²) in [6, 6.07) is 2.57. The Balaban J connectivity index is 2.05. The van der Waals surface area contributed by atoms with Crippen molar-refractivity contribution in [3.05, 3.63) is 24.4 Å². The van der Waals surface area contributed by atoms with Gasteiger partial charge in [0.1, 0.15) is 5.67 Å². The van der Waals surface area contributed by atoms with Gasteiger partial charge in [0.15, 0.2) is 10.8 Å². The van der Waals surface area contributed by atoms with Gasteiger partial charge in [0.05, 0.1) is 18.6 Å². The molecule has 0 aliphatic carbocycles. The van der Waals surface area contributed by atoms with E-state index in [1.165, 1.54) is 26.1 Å². The molecule has 10 heteroatoms. The molecule has 3 N–H and O–H groups in total. The maximum Gasteiger partial charge on any atom is 0.260 e. The van der Waals surface area contributed by atoms with Crippen LogP contribution in [0.5, 0.6) is 0 Å². The third-order valence-corrected chi connectivity index (χ3v) is 5.98. The summed E-state index contributed by atoms with van der Waals surface area (Å²) in [6.07, 6.45) is 1.85. The molecule has 1 aliphatic rings. The van der Waals surface area contributed by atoms with Gasteiger partial charge in [-0.1, -0.05) is 6.07 Å². The molecule has 8 nitrogen and oxygen atoms in total. The van der Waals surface area contributed by atoms with Gasteiger partial charge in [0, 0.05) is 19.2 Å². The van der Waals surface area contributed by atoms with Crippen molar-refractivity contribution in [1.82, 2.24) is 14.6 Å². The van der Waals surface area contributed by atoms with E-state index < -0.39 is 39.5 Å². The van der Waals surface area contributed by atoms with E-state index in [2.05, 4.69) is 10.3 Å². The van der Waals surface area contributed by atoms with Gasteiger partial charge in [-0.05, 0) is 38.8 Å². The molecule has 0 saturated carbocycles. The average Bonchev–Trinajstić information content (AvgIpc) is 2.76. The molecular formula is C17H25FN4O4S. The highest BCUT2D eigenvalue weighted by molar-refractivity contribution is 7.89. The molecule has 1 amide bonds. The van der Waals surface area contributed by atoms with E-state index in [1.807, 2.05) is 0 Å². The van der Waals surface area contributed by atoms with E-state index in [0.717, 1.165) is 4.31 Å². The highest BCUT2D eigenvalue weighted by Crippen LogP contribution is 2.19. The van der Waals surface area contributed by atoms with Gasteiger partial charge in [-0.3, -0.25) is 9.59 Å². The molecule has 150 valence electrons. The zero-order valence-corrected chi connectivity index (χ0v) is 16.2. The lowest BCUT2D eigenvalue weighted by Crippen LogP contribution is -2.51. The van der Waals surface area contributed by atoms with Gasteiger partial charge in [0.25, 0.3) is 10.0 Å². The summed E-state index contributed by atoms with van der Waals surface area (Å²) in [5.41, 5.74) is 4.09. The first kappa shape index (κ1) is 21.4. The number of carbonyl (C=O) groups excluding carboxylic acids is 2. The molecule has 0 spiro atoms. The van der Waals surface area contributed by atoms with E-state index in [1.54, 1.807) is 12.1 Å². The fraction of sp³-hybridized carbons (Fsp3) is 0.588. The van der Waals surface area contributed by atoms with E-state index in [9.17, 15) is 22.4 Å². The first-order valence-corrected chi connectivity index (χ1v) is 10.1. The van der Waals surface area contributed by atoms with Crippen molar-refractivity contribution in [2.75, 3.05) is 13.1 Å². The second-order valence-corrected chi connectivity index (χ2v) is 9.09. The molecule has 2 rings (SSSR count). The van der Waals surface area contributed by atoms with Crippen LogP contribution in [0.1, 0.15) is 33.1 Å². The van der Waals surface area contributed by atoms with Crippen LogP contribution in [0.4, 0.5) is 4.39 Å². The van der Waals surface area contributed by atoms with Crippen molar-refractivity contribution in [3.63, 3.8) is 0 Å². The summed E-state index contributed by atoms with van der Waals surface area (Å²) >= 11 is 0. The number of amides is 1. The molecule has 2 atom stereocenters. The van der Waals surface area contributed by atoms with E-state index in [4.69, 9.17) is 5.73 Å². The Morgan fingerprint density at radius 3 is 2.78 bits per heavy atom. The zero-order valence-electron chi connectivity index (χ0n) is 15.4. The summed E-state index contributed by atoms with van der Waals surface area (Å²) < 4.78 is 40.0. The van der Waals surface area contributed by atoms with Crippen LogP contribution in [0.3, 0.4) is 0 Å². The number of sulfonamides is 1. The van der Waals surface area contributed by atoms with Crippen LogP contribution in [0.15, 0.2) is 29.4 Å².